The molecule has 0 aromatic carbocycles. The molecule has 2 fully saturated rings. The molecule has 0 saturated carbocycles. The second kappa shape index (κ2) is 16.3. The van der Waals surface area contributed by atoms with E-state index in [9.17, 15) is 9.59 Å². The summed E-state index contributed by atoms with van der Waals surface area (Å²) in [5.41, 5.74) is -0.387. The molecule has 0 aromatic rings. The van der Waals surface area contributed by atoms with Crippen molar-refractivity contribution < 1.29 is 14.3 Å². The van der Waals surface area contributed by atoms with E-state index in [1.165, 1.54) is 12.8 Å². The summed E-state index contributed by atoms with van der Waals surface area (Å²) in [6.45, 7) is 19.5. The Balaban J connectivity index is 0.000000459. The number of amides is 3. The van der Waals surface area contributed by atoms with Crippen LogP contribution in [0.3, 0.4) is 0 Å². The highest BCUT2D eigenvalue weighted by Gasteiger charge is 2.22. The standard InChI is InChI=1S/C9H18N2O2.C8H17N3O.C4H10/c1-9(2,3)13-8(12)11-6-4-10-5-7-11;1-2-3-10-8(12)11-6-4-9-5-7-11;1-3-4-2/h10H,4-7H2,1-3H3;9H,2-7H2,1H3,(H,10,12);3-4H2,1-2H3. The zero-order valence-corrected chi connectivity index (χ0v) is 19.6. The van der Waals surface area contributed by atoms with Crippen LogP contribution < -0.4 is 16.0 Å². The summed E-state index contributed by atoms with van der Waals surface area (Å²) in [6, 6.07) is 0.0818. The van der Waals surface area contributed by atoms with Crippen molar-refractivity contribution in [2.75, 3.05) is 58.9 Å². The van der Waals surface area contributed by atoms with E-state index in [1.807, 2.05) is 25.7 Å². The highest BCUT2D eigenvalue weighted by molar-refractivity contribution is 5.74. The molecule has 0 radical (unpaired) electrons. The van der Waals surface area contributed by atoms with Crippen LogP contribution in [-0.4, -0.2) is 86.4 Å². The lowest BCUT2D eigenvalue weighted by molar-refractivity contribution is 0.0229. The van der Waals surface area contributed by atoms with Crippen molar-refractivity contribution in [3.05, 3.63) is 0 Å². The minimum absolute atomic E-state index is 0.0818. The summed E-state index contributed by atoms with van der Waals surface area (Å²) in [7, 11) is 0. The van der Waals surface area contributed by atoms with Gasteiger partial charge in [0.15, 0.2) is 0 Å². The molecule has 0 aromatic heterocycles. The number of hydrogen-bond acceptors (Lipinski definition) is 5. The van der Waals surface area contributed by atoms with Crippen LogP contribution in [0.5, 0.6) is 0 Å². The third kappa shape index (κ3) is 15.0. The van der Waals surface area contributed by atoms with Gasteiger partial charge in [-0.05, 0) is 27.2 Å². The van der Waals surface area contributed by atoms with Crippen LogP contribution in [0.1, 0.15) is 60.8 Å². The third-order valence-electron chi connectivity index (χ3n) is 4.20. The van der Waals surface area contributed by atoms with Gasteiger partial charge in [-0.15, -0.1) is 0 Å². The predicted octanol–water partition coefficient (Wildman–Crippen LogP) is 2.64. The second-order valence-corrected chi connectivity index (χ2v) is 8.19. The topological polar surface area (TPSA) is 85.9 Å². The summed E-state index contributed by atoms with van der Waals surface area (Å²) in [4.78, 5) is 26.4. The van der Waals surface area contributed by atoms with Gasteiger partial charge < -0.3 is 30.5 Å². The van der Waals surface area contributed by atoms with Crippen molar-refractivity contribution in [3.63, 3.8) is 0 Å². The minimum Gasteiger partial charge on any atom is -0.444 e. The maximum Gasteiger partial charge on any atom is 0.410 e. The Morgan fingerprint density at radius 3 is 1.66 bits per heavy atom. The normalized spacial score (nSPS) is 16.6. The molecular formula is C21H45N5O3. The molecule has 172 valence electrons. The third-order valence-corrected chi connectivity index (χ3v) is 4.20. The van der Waals surface area contributed by atoms with E-state index < -0.39 is 0 Å². The van der Waals surface area contributed by atoms with E-state index in [4.69, 9.17) is 4.74 Å². The number of hydrogen-bond donors (Lipinski definition) is 3. The largest absolute Gasteiger partial charge is 0.444 e. The molecule has 2 saturated heterocycles. The van der Waals surface area contributed by atoms with Gasteiger partial charge in [-0.1, -0.05) is 33.6 Å². The Morgan fingerprint density at radius 2 is 1.28 bits per heavy atom. The van der Waals surface area contributed by atoms with Crippen molar-refractivity contribution in [2.24, 2.45) is 0 Å². The number of piperazine rings is 2. The Morgan fingerprint density at radius 1 is 0.828 bits per heavy atom. The molecule has 0 bridgehead atoms. The molecular weight excluding hydrogens is 370 g/mol. The smallest absolute Gasteiger partial charge is 0.410 e. The monoisotopic (exact) mass is 415 g/mol. The van der Waals surface area contributed by atoms with E-state index in [-0.39, 0.29) is 17.7 Å². The summed E-state index contributed by atoms with van der Waals surface area (Å²) in [5.74, 6) is 0. The van der Waals surface area contributed by atoms with Gasteiger partial charge in [0.05, 0.1) is 0 Å². The van der Waals surface area contributed by atoms with E-state index in [0.29, 0.717) is 0 Å². The maximum absolute atomic E-state index is 11.5. The van der Waals surface area contributed by atoms with Crippen LogP contribution in [0, 0.1) is 0 Å². The number of carbonyl (C=O) groups excluding carboxylic acids is 2. The fourth-order valence-electron chi connectivity index (χ4n) is 2.39. The molecule has 2 rings (SSSR count). The van der Waals surface area contributed by atoms with E-state index in [0.717, 1.165) is 65.3 Å². The number of ether oxygens (including phenoxy) is 1. The van der Waals surface area contributed by atoms with Gasteiger partial charge in [0.25, 0.3) is 0 Å². The number of rotatable bonds is 3. The lowest BCUT2D eigenvalue weighted by atomic mass is 10.2. The zero-order valence-electron chi connectivity index (χ0n) is 19.6. The van der Waals surface area contributed by atoms with Gasteiger partial charge in [0, 0.05) is 58.9 Å². The first-order chi connectivity index (χ1) is 13.7. The average molecular weight is 416 g/mol. The first-order valence-corrected chi connectivity index (χ1v) is 11.2. The molecule has 2 heterocycles. The lowest BCUT2D eigenvalue weighted by Crippen LogP contribution is -2.50. The summed E-state index contributed by atoms with van der Waals surface area (Å²) in [6.07, 6.45) is 3.44. The molecule has 2 aliphatic rings. The van der Waals surface area contributed by atoms with Crippen molar-refractivity contribution in [1.82, 2.24) is 25.8 Å². The highest BCUT2D eigenvalue weighted by Crippen LogP contribution is 2.10. The predicted molar refractivity (Wildman–Crippen MR) is 119 cm³/mol. The highest BCUT2D eigenvalue weighted by atomic mass is 16.6. The van der Waals surface area contributed by atoms with Crippen molar-refractivity contribution in [2.45, 2.75) is 66.4 Å². The van der Waals surface area contributed by atoms with E-state index >= 15 is 0 Å². The Bertz CT molecular complexity index is 427. The number of urea groups is 1. The molecule has 8 heteroatoms. The molecule has 3 amide bonds. The van der Waals surface area contributed by atoms with Crippen molar-refractivity contribution >= 4 is 12.1 Å². The fraction of sp³-hybridized carbons (Fsp3) is 0.905. The SMILES string of the molecule is CC(C)(C)OC(=O)N1CCNCC1.CCCC.CCCNC(=O)N1CCNCC1. The average Bonchev–Trinajstić information content (AvgIpc) is 2.72. The Labute approximate surface area is 178 Å². The lowest BCUT2D eigenvalue weighted by Gasteiger charge is -2.30. The van der Waals surface area contributed by atoms with Gasteiger partial charge in [-0.25, -0.2) is 9.59 Å². The molecule has 29 heavy (non-hydrogen) atoms. The van der Waals surface area contributed by atoms with Gasteiger partial charge in [-0.2, -0.15) is 0 Å². The second-order valence-electron chi connectivity index (χ2n) is 8.19. The number of carbonyl (C=O) groups is 2. The van der Waals surface area contributed by atoms with Crippen molar-refractivity contribution in [3.8, 4) is 0 Å². The molecule has 0 spiro atoms. The summed E-state index contributed by atoms with van der Waals surface area (Å²) < 4.78 is 5.24. The van der Waals surface area contributed by atoms with Crippen LogP contribution in [-0.2, 0) is 4.74 Å². The minimum atomic E-state index is -0.387. The Hall–Kier alpha value is -1.54. The van der Waals surface area contributed by atoms with E-state index in [1.54, 1.807) is 4.90 Å². The van der Waals surface area contributed by atoms with Gasteiger partial charge in [0.1, 0.15) is 5.60 Å². The Kier molecular flexibility index (Phi) is 15.4. The fourth-order valence-corrected chi connectivity index (χ4v) is 2.39. The molecule has 8 nitrogen and oxygen atoms in total. The van der Waals surface area contributed by atoms with Crippen LogP contribution >= 0.6 is 0 Å². The zero-order chi connectivity index (χ0) is 22.1. The first-order valence-electron chi connectivity index (χ1n) is 11.2. The van der Waals surface area contributed by atoms with Crippen LogP contribution in [0.2, 0.25) is 0 Å². The summed E-state index contributed by atoms with van der Waals surface area (Å²) in [5, 5.41) is 9.25. The van der Waals surface area contributed by atoms with Crippen LogP contribution in [0.25, 0.3) is 0 Å². The molecule has 0 unspecified atom stereocenters. The van der Waals surface area contributed by atoms with Crippen molar-refractivity contribution in [1.29, 1.82) is 0 Å². The number of nitrogens with zero attached hydrogens (tertiary/aromatic N) is 2. The van der Waals surface area contributed by atoms with Gasteiger partial charge >= 0.3 is 12.1 Å². The van der Waals surface area contributed by atoms with Gasteiger partial charge in [0.2, 0.25) is 0 Å². The summed E-state index contributed by atoms with van der Waals surface area (Å²) >= 11 is 0. The number of nitrogens with one attached hydrogen (secondary N) is 3. The van der Waals surface area contributed by atoms with E-state index in [2.05, 4.69) is 36.7 Å². The quantitative estimate of drug-likeness (QED) is 0.660. The molecule has 0 aliphatic carbocycles. The molecule has 2 aliphatic heterocycles. The van der Waals surface area contributed by atoms with Crippen LogP contribution in [0.15, 0.2) is 0 Å². The van der Waals surface area contributed by atoms with Gasteiger partial charge in [-0.3, -0.25) is 0 Å². The maximum atomic E-state index is 11.5. The first kappa shape index (κ1) is 27.5. The van der Waals surface area contributed by atoms with Crippen LogP contribution in [0.4, 0.5) is 9.59 Å². The molecule has 3 N–H and O–H groups in total. The number of unbranched alkanes of at least 4 members (excludes halogenated alkanes) is 1. The molecule has 0 atom stereocenters.